The molecule has 0 atom stereocenters. The van der Waals surface area contributed by atoms with Crippen LogP contribution >= 0.6 is 11.3 Å². The number of carbonyl (C=O) groups is 1. The second kappa shape index (κ2) is 5.29. The van der Waals surface area contributed by atoms with Crippen LogP contribution in [-0.4, -0.2) is 25.8 Å². The fourth-order valence-corrected chi connectivity index (χ4v) is 2.87. The first kappa shape index (κ1) is 13.8. The summed E-state index contributed by atoms with van der Waals surface area (Å²) < 4.78 is 1.76. The molecule has 0 unspecified atom stereocenters. The first-order valence-corrected chi connectivity index (χ1v) is 7.61. The van der Waals surface area contributed by atoms with Gasteiger partial charge in [0.25, 0.3) is 0 Å². The molecule has 0 amide bonds. The van der Waals surface area contributed by atoms with Crippen LogP contribution in [0.2, 0.25) is 0 Å². The van der Waals surface area contributed by atoms with E-state index in [0.29, 0.717) is 17.6 Å². The van der Waals surface area contributed by atoms with Gasteiger partial charge in [-0.15, -0.1) is 0 Å². The van der Waals surface area contributed by atoms with Crippen molar-refractivity contribution < 1.29 is 9.90 Å². The van der Waals surface area contributed by atoms with Gasteiger partial charge in [0.1, 0.15) is 0 Å². The number of rotatable bonds is 4. The lowest BCUT2D eigenvalue weighted by Crippen LogP contribution is -2.06. The highest BCUT2D eigenvalue weighted by Crippen LogP contribution is 2.23. The summed E-state index contributed by atoms with van der Waals surface area (Å²) in [5, 5.41) is 18.4. The molecule has 108 valence electrons. The Morgan fingerprint density at radius 3 is 2.90 bits per heavy atom. The Morgan fingerprint density at radius 1 is 1.48 bits per heavy atom. The predicted octanol–water partition coefficient (Wildman–Crippen LogP) is 3.36. The molecule has 3 rings (SSSR count). The predicted molar refractivity (Wildman–Crippen MR) is 82.0 cm³/mol. The SMILES string of the molecule is CC(C)c1cc(C(=O)O)c2cnn(Cc3ccsc3)c2n1. The molecule has 5 nitrogen and oxygen atoms in total. The van der Waals surface area contributed by atoms with Gasteiger partial charge in [0.05, 0.1) is 23.7 Å². The van der Waals surface area contributed by atoms with E-state index in [1.807, 2.05) is 25.3 Å². The molecule has 3 heterocycles. The molecule has 0 spiro atoms. The second-order valence-corrected chi connectivity index (χ2v) is 6.01. The summed E-state index contributed by atoms with van der Waals surface area (Å²) in [7, 11) is 0. The lowest BCUT2D eigenvalue weighted by Gasteiger charge is -2.08. The lowest BCUT2D eigenvalue weighted by molar-refractivity contribution is 0.0699. The van der Waals surface area contributed by atoms with E-state index in [2.05, 4.69) is 15.5 Å². The lowest BCUT2D eigenvalue weighted by atomic mass is 10.1. The van der Waals surface area contributed by atoms with Crippen LogP contribution in [0.5, 0.6) is 0 Å². The van der Waals surface area contributed by atoms with Crippen LogP contribution in [0.25, 0.3) is 11.0 Å². The molecular weight excluding hydrogens is 286 g/mol. The topological polar surface area (TPSA) is 68.0 Å². The summed E-state index contributed by atoms with van der Waals surface area (Å²) >= 11 is 1.63. The van der Waals surface area contributed by atoms with E-state index in [1.54, 1.807) is 28.3 Å². The fraction of sp³-hybridized carbons (Fsp3) is 0.267. The Kier molecular flexibility index (Phi) is 3.47. The number of thiophene rings is 1. The smallest absolute Gasteiger partial charge is 0.336 e. The van der Waals surface area contributed by atoms with E-state index < -0.39 is 5.97 Å². The van der Waals surface area contributed by atoms with Gasteiger partial charge in [0.2, 0.25) is 0 Å². The van der Waals surface area contributed by atoms with E-state index in [0.717, 1.165) is 11.3 Å². The zero-order valence-corrected chi connectivity index (χ0v) is 12.6. The molecule has 21 heavy (non-hydrogen) atoms. The number of nitrogens with zero attached hydrogens (tertiary/aromatic N) is 3. The third-order valence-corrected chi connectivity index (χ3v) is 4.10. The maximum absolute atomic E-state index is 11.5. The molecule has 0 saturated carbocycles. The molecule has 0 aliphatic carbocycles. The molecule has 0 fully saturated rings. The van der Waals surface area contributed by atoms with Gasteiger partial charge in [-0.05, 0) is 34.4 Å². The summed E-state index contributed by atoms with van der Waals surface area (Å²) in [5.41, 5.74) is 2.80. The molecule has 0 aliphatic rings. The fourth-order valence-electron chi connectivity index (χ4n) is 2.21. The standard InChI is InChI=1S/C15H15N3O2S/c1-9(2)13-5-11(15(19)20)12-6-16-18(14(12)17-13)7-10-3-4-21-8-10/h3-6,8-9H,7H2,1-2H3,(H,19,20). The van der Waals surface area contributed by atoms with Crippen LogP contribution in [0.3, 0.4) is 0 Å². The molecular formula is C15H15N3O2S. The number of hydrogen-bond donors (Lipinski definition) is 1. The van der Waals surface area contributed by atoms with E-state index >= 15 is 0 Å². The normalized spacial score (nSPS) is 11.4. The van der Waals surface area contributed by atoms with Crippen molar-refractivity contribution >= 4 is 28.3 Å². The summed E-state index contributed by atoms with van der Waals surface area (Å²) in [6.07, 6.45) is 1.59. The Hall–Kier alpha value is -2.21. The number of fused-ring (bicyclic) bond motifs is 1. The highest BCUT2D eigenvalue weighted by Gasteiger charge is 2.17. The van der Waals surface area contributed by atoms with Gasteiger partial charge >= 0.3 is 5.97 Å². The van der Waals surface area contributed by atoms with Gasteiger partial charge < -0.3 is 5.11 Å². The molecule has 6 heteroatoms. The summed E-state index contributed by atoms with van der Waals surface area (Å²) in [6.45, 7) is 4.60. The molecule has 0 saturated heterocycles. The van der Waals surface area contributed by atoms with Gasteiger partial charge in [-0.2, -0.15) is 16.4 Å². The molecule has 3 aromatic rings. The molecule has 0 aliphatic heterocycles. The minimum Gasteiger partial charge on any atom is -0.478 e. The Labute approximate surface area is 125 Å². The summed E-state index contributed by atoms with van der Waals surface area (Å²) in [4.78, 5) is 16.1. The Bertz CT molecular complexity index is 791. The first-order valence-electron chi connectivity index (χ1n) is 6.67. The van der Waals surface area contributed by atoms with E-state index in [9.17, 15) is 9.90 Å². The number of pyridine rings is 1. The van der Waals surface area contributed by atoms with Crippen molar-refractivity contribution in [3.05, 3.63) is 45.9 Å². The van der Waals surface area contributed by atoms with Gasteiger partial charge in [0, 0.05) is 5.69 Å². The van der Waals surface area contributed by atoms with Crippen molar-refractivity contribution in [1.29, 1.82) is 0 Å². The number of carboxylic acids is 1. The number of aromatic nitrogens is 3. The van der Waals surface area contributed by atoms with E-state index in [4.69, 9.17) is 0 Å². The van der Waals surface area contributed by atoms with E-state index in [1.165, 1.54) is 0 Å². The van der Waals surface area contributed by atoms with Crippen LogP contribution in [0.15, 0.2) is 29.1 Å². The molecule has 3 aromatic heterocycles. The van der Waals surface area contributed by atoms with Gasteiger partial charge in [-0.3, -0.25) is 0 Å². The number of aromatic carboxylic acids is 1. The average molecular weight is 301 g/mol. The molecule has 0 radical (unpaired) electrons. The van der Waals surface area contributed by atoms with Crippen LogP contribution in [0, 0.1) is 0 Å². The van der Waals surface area contributed by atoms with Crippen LogP contribution < -0.4 is 0 Å². The third-order valence-electron chi connectivity index (χ3n) is 3.36. The summed E-state index contributed by atoms with van der Waals surface area (Å²) in [6, 6.07) is 3.68. The Morgan fingerprint density at radius 2 is 2.29 bits per heavy atom. The second-order valence-electron chi connectivity index (χ2n) is 5.23. The zero-order valence-electron chi connectivity index (χ0n) is 11.8. The Balaban J connectivity index is 2.17. The minimum absolute atomic E-state index is 0.164. The first-order chi connectivity index (χ1) is 10.1. The largest absolute Gasteiger partial charge is 0.478 e. The monoisotopic (exact) mass is 301 g/mol. The quantitative estimate of drug-likeness (QED) is 0.802. The van der Waals surface area contributed by atoms with Crippen LogP contribution in [-0.2, 0) is 6.54 Å². The highest BCUT2D eigenvalue weighted by molar-refractivity contribution is 7.07. The van der Waals surface area contributed by atoms with Crippen LogP contribution in [0.1, 0.15) is 41.4 Å². The zero-order chi connectivity index (χ0) is 15.0. The molecule has 0 aromatic carbocycles. The number of hydrogen-bond acceptors (Lipinski definition) is 4. The van der Waals surface area contributed by atoms with Gasteiger partial charge in [-0.1, -0.05) is 13.8 Å². The van der Waals surface area contributed by atoms with Crippen molar-refractivity contribution in [3.63, 3.8) is 0 Å². The minimum atomic E-state index is -0.945. The third kappa shape index (κ3) is 2.54. The maximum Gasteiger partial charge on any atom is 0.336 e. The van der Waals surface area contributed by atoms with Crippen molar-refractivity contribution in [3.8, 4) is 0 Å². The van der Waals surface area contributed by atoms with Crippen molar-refractivity contribution in [2.45, 2.75) is 26.3 Å². The summed E-state index contributed by atoms with van der Waals surface area (Å²) in [5.74, 6) is -0.781. The molecule has 0 bridgehead atoms. The van der Waals surface area contributed by atoms with Crippen molar-refractivity contribution in [1.82, 2.24) is 14.8 Å². The maximum atomic E-state index is 11.5. The van der Waals surface area contributed by atoms with Crippen molar-refractivity contribution in [2.24, 2.45) is 0 Å². The van der Waals surface area contributed by atoms with Gasteiger partial charge in [0.15, 0.2) is 5.65 Å². The highest BCUT2D eigenvalue weighted by atomic mass is 32.1. The van der Waals surface area contributed by atoms with Gasteiger partial charge in [-0.25, -0.2) is 14.5 Å². The van der Waals surface area contributed by atoms with E-state index in [-0.39, 0.29) is 11.5 Å². The van der Waals surface area contributed by atoms with Crippen molar-refractivity contribution in [2.75, 3.05) is 0 Å². The molecule has 1 N–H and O–H groups in total. The van der Waals surface area contributed by atoms with Crippen LogP contribution in [0.4, 0.5) is 0 Å². The number of carboxylic acid groups (broad SMARTS) is 1. The average Bonchev–Trinajstić information content (AvgIpc) is 3.08.